The van der Waals surface area contributed by atoms with E-state index in [0.717, 1.165) is 29.6 Å². The molecule has 7 heteroatoms. The van der Waals surface area contributed by atoms with Gasteiger partial charge in [-0.25, -0.2) is 14.6 Å². The molecule has 0 saturated carbocycles. The number of amides is 1. The third kappa shape index (κ3) is 3.68. The van der Waals surface area contributed by atoms with E-state index in [4.69, 9.17) is 4.42 Å². The predicted molar refractivity (Wildman–Crippen MR) is 122 cm³/mol. The lowest BCUT2D eigenvalue weighted by molar-refractivity contribution is 0.0686. The molecule has 2 aromatic carbocycles. The summed E-state index contributed by atoms with van der Waals surface area (Å²) in [6.07, 6.45) is 1.84. The highest BCUT2D eigenvalue weighted by atomic mass is 16.3. The molecule has 7 nitrogen and oxygen atoms in total. The maximum Gasteiger partial charge on any atom is 0.293 e. The van der Waals surface area contributed by atoms with Gasteiger partial charge in [0.15, 0.2) is 11.5 Å². The second-order valence-corrected chi connectivity index (χ2v) is 8.72. The predicted octanol–water partition coefficient (Wildman–Crippen LogP) is 4.86. The molecule has 1 atom stereocenters. The summed E-state index contributed by atoms with van der Waals surface area (Å²) in [7, 11) is 0. The van der Waals surface area contributed by atoms with Crippen LogP contribution in [0.5, 0.6) is 0 Å². The van der Waals surface area contributed by atoms with Crippen LogP contribution in [0.2, 0.25) is 0 Å². The summed E-state index contributed by atoms with van der Waals surface area (Å²) in [5.41, 5.74) is 3.78. The van der Waals surface area contributed by atoms with Crippen LogP contribution in [-0.4, -0.2) is 43.6 Å². The number of nitrogens with zero attached hydrogens (tertiary/aromatic N) is 5. The first-order valence-electron chi connectivity index (χ1n) is 11.2. The van der Waals surface area contributed by atoms with Crippen LogP contribution in [-0.2, 0) is 0 Å². The van der Waals surface area contributed by atoms with Crippen LogP contribution >= 0.6 is 0 Å². The molecule has 1 amide bonds. The minimum absolute atomic E-state index is 0.0740. The molecule has 164 valence electrons. The number of hydrogen-bond donors (Lipinski definition) is 0. The van der Waals surface area contributed by atoms with Crippen molar-refractivity contribution in [3.8, 4) is 5.69 Å². The number of carbonyl (C=O) groups is 1. The normalized spacial score (nSPS) is 16.8. The lowest BCUT2D eigenvalue weighted by Crippen LogP contribution is -2.39. The molecule has 4 aromatic rings. The maximum absolute atomic E-state index is 13.3. The molecule has 0 aliphatic carbocycles. The summed E-state index contributed by atoms with van der Waals surface area (Å²) >= 11 is 0. The molecule has 32 heavy (non-hydrogen) atoms. The fourth-order valence-corrected chi connectivity index (χ4v) is 4.45. The highest BCUT2D eigenvalue weighted by molar-refractivity contribution is 5.90. The largest absolute Gasteiger partial charge is 0.440 e. The van der Waals surface area contributed by atoms with Crippen LogP contribution in [0.25, 0.3) is 16.8 Å². The van der Waals surface area contributed by atoms with Crippen LogP contribution in [0.15, 0.2) is 52.9 Å². The van der Waals surface area contributed by atoms with Gasteiger partial charge < -0.3 is 9.32 Å². The second kappa shape index (κ2) is 8.22. The summed E-state index contributed by atoms with van der Waals surface area (Å²) in [5.74, 6) is 1.91. The van der Waals surface area contributed by atoms with E-state index in [1.807, 2.05) is 54.3 Å². The summed E-state index contributed by atoms with van der Waals surface area (Å²) in [4.78, 5) is 24.3. The van der Waals surface area contributed by atoms with Gasteiger partial charge in [0.2, 0.25) is 5.82 Å². The Labute approximate surface area is 187 Å². The summed E-state index contributed by atoms with van der Waals surface area (Å²) in [6, 6.07) is 15.9. The van der Waals surface area contributed by atoms with E-state index in [-0.39, 0.29) is 17.6 Å². The van der Waals surface area contributed by atoms with Crippen molar-refractivity contribution in [2.45, 2.75) is 45.4 Å². The monoisotopic (exact) mass is 429 g/mol. The van der Waals surface area contributed by atoms with Crippen molar-refractivity contribution in [1.82, 2.24) is 24.6 Å². The van der Waals surface area contributed by atoms with Crippen molar-refractivity contribution in [3.63, 3.8) is 0 Å². The van der Waals surface area contributed by atoms with Crippen molar-refractivity contribution < 1.29 is 9.21 Å². The maximum atomic E-state index is 13.3. The minimum Gasteiger partial charge on any atom is -0.440 e. The van der Waals surface area contributed by atoms with Crippen molar-refractivity contribution in [1.29, 1.82) is 0 Å². The van der Waals surface area contributed by atoms with Gasteiger partial charge in [0.05, 0.1) is 11.6 Å². The molecule has 3 heterocycles. The van der Waals surface area contributed by atoms with Gasteiger partial charge in [0, 0.05) is 13.1 Å². The third-order valence-corrected chi connectivity index (χ3v) is 6.12. The summed E-state index contributed by atoms with van der Waals surface area (Å²) in [5, 5.41) is 4.61. The first-order valence-corrected chi connectivity index (χ1v) is 11.2. The molecule has 5 rings (SSSR count). The number of carbonyl (C=O) groups excluding carboxylic acids is 1. The number of oxazole rings is 1. The van der Waals surface area contributed by atoms with Crippen molar-refractivity contribution in [2.24, 2.45) is 0 Å². The molecule has 1 unspecified atom stereocenters. The van der Waals surface area contributed by atoms with Crippen LogP contribution in [0.1, 0.15) is 66.4 Å². The number of piperidine rings is 1. The molecular formula is C25H27N5O2. The highest BCUT2D eigenvalue weighted by Gasteiger charge is 2.30. The van der Waals surface area contributed by atoms with Gasteiger partial charge in [0.25, 0.3) is 5.91 Å². The number of hydrogen-bond acceptors (Lipinski definition) is 5. The number of aromatic nitrogens is 4. The lowest BCUT2D eigenvalue weighted by atomic mass is 9.98. The molecule has 1 fully saturated rings. The first-order chi connectivity index (χ1) is 15.5. The summed E-state index contributed by atoms with van der Waals surface area (Å²) < 4.78 is 7.76. The van der Waals surface area contributed by atoms with E-state index >= 15 is 0 Å². The van der Waals surface area contributed by atoms with Crippen LogP contribution in [0.3, 0.4) is 0 Å². The second-order valence-electron chi connectivity index (χ2n) is 8.72. The van der Waals surface area contributed by atoms with Gasteiger partial charge in [0.1, 0.15) is 11.3 Å². The fraction of sp³-hybridized carbons (Fsp3) is 0.360. The Kier molecular flexibility index (Phi) is 5.25. The van der Waals surface area contributed by atoms with E-state index in [9.17, 15) is 4.79 Å². The Balaban J connectivity index is 1.39. The average Bonchev–Trinajstić information content (AvgIpc) is 3.42. The number of likely N-dealkylation sites (tertiary alicyclic amines) is 1. The minimum atomic E-state index is -0.144. The van der Waals surface area contributed by atoms with E-state index in [1.165, 1.54) is 5.56 Å². The SMILES string of the molecule is Cc1nc(C(=O)N2CCCC(c3nc4ccccc4o3)C2)nn1-c1ccccc1C(C)C. The average molecular weight is 430 g/mol. The van der Waals surface area contributed by atoms with Gasteiger partial charge in [-0.2, -0.15) is 0 Å². The van der Waals surface area contributed by atoms with E-state index in [2.05, 4.69) is 35.0 Å². The number of para-hydroxylation sites is 3. The van der Waals surface area contributed by atoms with Gasteiger partial charge >= 0.3 is 0 Å². The number of benzene rings is 2. The van der Waals surface area contributed by atoms with E-state index < -0.39 is 0 Å². The molecule has 1 saturated heterocycles. The highest BCUT2D eigenvalue weighted by Crippen LogP contribution is 2.30. The van der Waals surface area contributed by atoms with Gasteiger partial charge in [-0.05, 0) is 49.4 Å². The standard InChI is InChI=1S/C25H27N5O2/c1-16(2)19-10-4-6-12-21(19)30-17(3)26-23(28-30)25(31)29-14-8-9-18(15-29)24-27-20-11-5-7-13-22(20)32-24/h4-7,10-13,16,18H,8-9,14-15H2,1-3H3. The molecule has 1 aliphatic heterocycles. The van der Waals surface area contributed by atoms with E-state index in [0.29, 0.717) is 30.7 Å². The van der Waals surface area contributed by atoms with Crippen molar-refractivity contribution in [3.05, 3.63) is 71.6 Å². The van der Waals surface area contributed by atoms with E-state index in [1.54, 1.807) is 4.68 Å². The molecule has 0 N–H and O–H groups in total. The number of aryl methyl sites for hydroxylation is 1. The zero-order valence-electron chi connectivity index (χ0n) is 18.7. The Morgan fingerprint density at radius 2 is 1.88 bits per heavy atom. The number of rotatable bonds is 4. The molecule has 0 spiro atoms. The molecule has 0 radical (unpaired) electrons. The Morgan fingerprint density at radius 1 is 1.09 bits per heavy atom. The van der Waals surface area contributed by atoms with Gasteiger partial charge in [-0.1, -0.05) is 44.2 Å². The van der Waals surface area contributed by atoms with Gasteiger partial charge in [-0.3, -0.25) is 4.79 Å². The Bertz CT molecular complexity index is 1240. The lowest BCUT2D eigenvalue weighted by Gasteiger charge is -2.30. The fourth-order valence-electron chi connectivity index (χ4n) is 4.45. The first kappa shape index (κ1) is 20.4. The zero-order chi connectivity index (χ0) is 22.2. The van der Waals surface area contributed by atoms with Crippen LogP contribution in [0.4, 0.5) is 0 Å². The van der Waals surface area contributed by atoms with Crippen LogP contribution < -0.4 is 0 Å². The smallest absolute Gasteiger partial charge is 0.293 e. The topological polar surface area (TPSA) is 77.1 Å². The Hall–Kier alpha value is -3.48. The summed E-state index contributed by atoms with van der Waals surface area (Å²) in [6.45, 7) is 7.43. The Morgan fingerprint density at radius 3 is 2.69 bits per heavy atom. The zero-order valence-corrected chi connectivity index (χ0v) is 18.7. The third-order valence-electron chi connectivity index (χ3n) is 6.12. The van der Waals surface area contributed by atoms with Crippen molar-refractivity contribution >= 4 is 17.0 Å². The number of fused-ring (bicyclic) bond motifs is 1. The van der Waals surface area contributed by atoms with Gasteiger partial charge in [-0.15, -0.1) is 5.10 Å². The quantitative estimate of drug-likeness (QED) is 0.463. The molecule has 0 bridgehead atoms. The van der Waals surface area contributed by atoms with Crippen molar-refractivity contribution in [2.75, 3.05) is 13.1 Å². The molecule has 2 aromatic heterocycles. The molecular weight excluding hydrogens is 402 g/mol. The molecule has 1 aliphatic rings. The van der Waals surface area contributed by atoms with Crippen LogP contribution in [0, 0.1) is 6.92 Å².